The number of aromatic nitrogens is 2. The van der Waals surface area contributed by atoms with E-state index >= 15 is 0 Å². The molecule has 1 aromatic carbocycles. The highest BCUT2D eigenvalue weighted by atomic mass is 35.5. The third-order valence-electron chi connectivity index (χ3n) is 2.64. The lowest BCUT2D eigenvalue weighted by Crippen LogP contribution is -2.05. The monoisotopic (exact) mass is 277 g/mol. The fourth-order valence-electron chi connectivity index (χ4n) is 1.77. The van der Waals surface area contributed by atoms with Gasteiger partial charge in [-0.15, -0.1) is 5.10 Å². The largest absolute Gasteiger partial charge is 0.197 e. The summed E-state index contributed by atoms with van der Waals surface area (Å²) in [7, 11) is 0. The van der Waals surface area contributed by atoms with Gasteiger partial charge in [0.05, 0.1) is 11.8 Å². The number of hydrogen-bond donors (Lipinski definition) is 0. The highest BCUT2D eigenvalue weighted by molar-refractivity contribution is 6.31. The highest BCUT2D eigenvalue weighted by Gasteiger charge is 2.20. The van der Waals surface area contributed by atoms with E-state index in [1.54, 1.807) is 18.2 Å². The minimum Gasteiger partial charge on any atom is -0.197 e. The predicted molar refractivity (Wildman–Crippen MR) is 70.7 cm³/mol. The van der Waals surface area contributed by atoms with Gasteiger partial charge in [0.1, 0.15) is 5.92 Å². The number of aryl methyl sites for hydroxylation is 1. The summed E-state index contributed by atoms with van der Waals surface area (Å²) in [6.07, 6.45) is 0. The van der Waals surface area contributed by atoms with Crippen LogP contribution in [0.2, 0.25) is 10.2 Å². The Balaban J connectivity index is 2.53. The Morgan fingerprint density at radius 3 is 2.50 bits per heavy atom. The molecule has 1 atom stereocenters. The SMILES string of the molecule is Cc1cccc(Cl)c1C(C#N)c1ccc(Cl)nn1. The quantitative estimate of drug-likeness (QED) is 0.840. The van der Waals surface area contributed by atoms with Gasteiger partial charge in [0.2, 0.25) is 0 Å². The van der Waals surface area contributed by atoms with Gasteiger partial charge in [-0.3, -0.25) is 0 Å². The second-order valence-electron chi connectivity index (χ2n) is 3.81. The van der Waals surface area contributed by atoms with Crippen LogP contribution in [0.15, 0.2) is 30.3 Å². The Bertz CT molecular complexity index is 582. The molecule has 18 heavy (non-hydrogen) atoms. The first-order valence-corrected chi connectivity index (χ1v) is 6.03. The Hall–Kier alpha value is -1.63. The van der Waals surface area contributed by atoms with Gasteiger partial charge in [-0.1, -0.05) is 35.3 Å². The van der Waals surface area contributed by atoms with Crippen molar-refractivity contribution in [1.29, 1.82) is 5.26 Å². The van der Waals surface area contributed by atoms with Crippen molar-refractivity contribution in [3.05, 3.63) is 57.3 Å². The summed E-state index contributed by atoms with van der Waals surface area (Å²) in [5, 5.41) is 17.9. The van der Waals surface area contributed by atoms with E-state index in [9.17, 15) is 5.26 Å². The summed E-state index contributed by atoms with van der Waals surface area (Å²) < 4.78 is 0. The van der Waals surface area contributed by atoms with Crippen LogP contribution in [0, 0.1) is 18.3 Å². The van der Waals surface area contributed by atoms with Crippen molar-refractivity contribution in [2.24, 2.45) is 0 Å². The van der Waals surface area contributed by atoms with Crippen LogP contribution >= 0.6 is 23.2 Å². The molecule has 1 heterocycles. The molecule has 0 aliphatic heterocycles. The zero-order chi connectivity index (χ0) is 13.1. The van der Waals surface area contributed by atoms with E-state index in [0.717, 1.165) is 11.1 Å². The molecular formula is C13H9Cl2N3. The number of rotatable bonds is 2. The third kappa shape index (κ3) is 2.45. The lowest BCUT2D eigenvalue weighted by Gasteiger charge is -2.13. The van der Waals surface area contributed by atoms with E-state index in [2.05, 4.69) is 16.3 Å². The van der Waals surface area contributed by atoms with Crippen molar-refractivity contribution in [3.63, 3.8) is 0 Å². The molecule has 0 N–H and O–H groups in total. The molecule has 2 aromatic rings. The van der Waals surface area contributed by atoms with E-state index in [4.69, 9.17) is 23.2 Å². The van der Waals surface area contributed by atoms with Crippen LogP contribution in [-0.4, -0.2) is 10.2 Å². The molecule has 0 saturated carbocycles. The van der Waals surface area contributed by atoms with Gasteiger partial charge in [-0.25, -0.2) is 0 Å². The smallest absolute Gasteiger partial charge is 0.151 e. The molecule has 2 rings (SSSR count). The molecule has 0 bridgehead atoms. The van der Waals surface area contributed by atoms with Crippen molar-refractivity contribution in [3.8, 4) is 6.07 Å². The molecule has 0 amide bonds. The summed E-state index contributed by atoms with van der Waals surface area (Å²) in [6, 6.07) is 11.0. The van der Waals surface area contributed by atoms with Crippen molar-refractivity contribution in [2.75, 3.05) is 0 Å². The lowest BCUT2D eigenvalue weighted by molar-refractivity contribution is 0.879. The molecule has 1 aromatic heterocycles. The molecule has 3 nitrogen and oxygen atoms in total. The minimum absolute atomic E-state index is 0.298. The van der Waals surface area contributed by atoms with Crippen molar-refractivity contribution in [1.82, 2.24) is 10.2 Å². The van der Waals surface area contributed by atoms with Gasteiger partial charge in [0.15, 0.2) is 5.15 Å². The van der Waals surface area contributed by atoms with Gasteiger partial charge in [0, 0.05) is 5.02 Å². The summed E-state index contributed by atoms with van der Waals surface area (Å²) in [5.41, 5.74) is 2.25. The summed E-state index contributed by atoms with van der Waals surface area (Å²) in [5.74, 6) is -0.538. The molecule has 90 valence electrons. The summed E-state index contributed by atoms with van der Waals surface area (Å²) in [6.45, 7) is 1.91. The van der Waals surface area contributed by atoms with Crippen LogP contribution in [0.5, 0.6) is 0 Å². The van der Waals surface area contributed by atoms with E-state index in [0.29, 0.717) is 15.9 Å². The summed E-state index contributed by atoms with van der Waals surface area (Å²) in [4.78, 5) is 0. The van der Waals surface area contributed by atoms with Crippen LogP contribution in [0.4, 0.5) is 0 Å². The number of nitrogens with zero attached hydrogens (tertiary/aromatic N) is 3. The van der Waals surface area contributed by atoms with E-state index < -0.39 is 5.92 Å². The number of benzene rings is 1. The highest BCUT2D eigenvalue weighted by Crippen LogP contribution is 2.31. The first-order chi connectivity index (χ1) is 8.63. The number of halogens is 2. The zero-order valence-corrected chi connectivity index (χ0v) is 11.1. The Labute approximate surface area is 115 Å². The molecule has 0 fully saturated rings. The average Bonchev–Trinajstić information content (AvgIpc) is 2.35. The van der Waals surface area contributed by atoms with Crippen LogP contribution in [-0.2, 0) is 0 Å². The maximum atomic E-state index is 9.34. The topological polar surface area (TPSA) is 49.6 Å². The first kappa shape index (κ1) is 12.8. The van der Waals surface area contributed by atoms with E-state index in [-0.39, 0.29) is 0 Å². The van der Waals surface area contributed by atoms with Crippen molar-refractivity contribution in [2.45, 2.75) is 12.8 Å². The van der Waals surface area contributed by atoms with Crippen LogP contribution in [0.1, 0.15) is 22.7 Å². The van der Waals surface area contributed by atoms with Crippen molar-refractivity contribution < 1.29 is 0 Å². The molecule has 0 spiro atoms. The minimum atomic E-state index is -0.538. The molecule has 1 unspecified atom stereocenters. The van der Waals surface area contributed by atoms with Gasteiger partial charge in [0.25, 0.3) is 0 Å². The molecule has 5 heteroatoms. The standard InChI is InChI=1S/C13H9Cl2N3/c1-8-3-2-4-10(14)13(8)9(7-16)11-5-6-12(15)18-17-11/h2-6,9H,1H3. The van der Waals surface area contributed by atoms with Gasteiger partial charge < -0.3 is 0 Å². The molecule has 0 saturated heterocycles. The molecular weight excluding hydrogens is 269 g/mol. The lowest BCUT2D eigenvalue weighted by atomic mass is 9.93. The van der Waals surface area contributed by atoms with Gasteiger partial charge in [-0.2, -0.15) is 10.4 Å². The molecule has 0 aliphatic rings. The summed E-state index contributed by atoms with van der Waals surface area (Å²) >= 11 is 11.8. The zero-order valence-electron chi connectivity index (χ0n) is 9.56. The van der Waals surface area contributed by atoms with Crippen LogP contribution < -0.4 is 0 Å². The Morgan fingerprint density at radius 2 is 1.94 bits per heavy atom. The Morgan fingerprint density at radius 1 is 1.17 bits per heavy atom. The van der Waals surface area contributed by atoms with Crippen molar-refractivity contribution >= 4 is 23.2 Å². The van der Waals surface area contributed by atoms with E-state index in [1.807, 2.05) is 19.1 Å². The van der Waals surface area contributed by atoms with Gasteiger partial charge in [-0.05, 0) is 36.2 Å². The average molecular weight is 278 g/mol. The second kappa shape index (κ2) is 5.34. The third-order valence-corrected chi connectivity index (χ3v) is 3.17. The van der Waals surface area contributed by atoms with Crippen LogP contribution in [0.25, 0.3) is 0 Å². The van der Waals surface area contributed by atoms with E-state index in [1.165, 1.54) is 0 Å². The molecule has 0 aliphatic carbocycles. The normalized spacial score (nSPS) is 11.9. The van der Waals surface area contributed by atoms with Crippen LogP contribution in [0.3, 0.4) is 0 Å². The molecule has 0 radical (unpaired) electrons. The predicted octanol–water partition coefficient (Wildman–Crippen LogP) is 3.75. The Kier molecular flexibility index (Phi) is 3.81. The maximum Gasteiger partial charge on any atom is 0.151 e. The second-order valence-corrected chi connectivity index (χ2v) is 4.61. The first-order valence-electron chi connectivity index (χ1n) is 5.27. The fraction of sp³-hybridized carbons (Fsp3) is 0.154. The van der Waals surface area contributed by atoms with Gasteiger partial charge >= 0.3 is 0 Å². The number of nitriles is 1. The number of hydrogen-bond acceptors (Lipinski definition) is 3. The fourth-order valence-corrected chi connectivity index (χ4v) is 2.20. The maximum absolute atomic E-state index is 9.34.